The second-order valence-corrected chi connectivity index (χ2v) is 10.6. The largest absolute Gasteiger partial charge is 0.354 e. The van der Waals surface area contributed by atoms with Gasteiger partial charge in [-0.25, -0.2) is 8.42 Å². The number of nitrogens with zero attached hydrogens (tertiary/aromatic N) is 2. The van der Waals surface area contributed by atoms with Crippen LogP contribution >= 0.6 is 15.9 Å². The van der Waals surface area contributed by atoms with Crippen LogP contribution in [0.4, 0.5) is 5.69 Å². The summed E-state index contributed by atoms with van der Waals surface area (Å²) in [6.45, 7) is 4.22. The molecule has 0 radical (unpaired) electrons. The van der Waals surface area contributed by atoms with Crippen molar-refractivity contribution in [3.05, 3.63) is 64.6 Å². The predicted octanol–water partition coefficient (Wildman–Crippen LogP) is 3.94. The third kappa shape index (κ3) is 8.16. The van der Waals surface area contributed by atoms with Gasteiger partial charge in [0.25, 0.3) is 0 Å². The lowest BCUT2D eigenvalue weighted by Gasteiger charge is -2.33. The number of carbonyl (C=O) groups is 2. The van der Waals surface area contributed by atoms with Gasteiger partial charge in [0.2, 0.25) is 21.8 Å². The molecule has 0 bridgehead atoms. The average molecular weight is 539 g/mol. The highest BCUT2D eigenvalue weighted by Crippen LogP contribution is 2.23. The molecule has 0 heterocycles. The Hall–Kier alpha value is -2.39. The van der Waals surface area contributed by atoms with Crippen molar-refractivity contribution in [1.29, 1.82) is 0 Å². The van der Waals surface area contributed by atoms with Crippen LogP contribution in [0.15, 0.2) is 59.1 Å². The van der Waals surface area contributed by atoms with E-state index in [0.29, 0.717) is 23.1 Å². The van der Waals surface area contributed by atoms with Gasteiger partial charge in [-0.3, -0.25) is 13.9 Å². The summed E-state index contributed by atoms with van der Waals surface area (Å²) >= 11 is 3.35. The van der Waals surface area contributed by atoms with Gasteiger partial charge in [-0.2, -0.15) is 0 Å². The maximum atomic E-state index is 13.5. The van der Waals surface area contributed by atoms with Crippen molar-refractivity contribution in [2.45, 2.75) is 45.7 Å². The minimum absolute atomic E-state index is 0.204. The summed E-state index contributed by atoms with van der Waals surface area (Å²) in [7, 11) is -3.74. The first-order valence-corrected chi connectivity index (χ1v) is 13.7. The molecule has 2 rings (SSSR count). The van der Waals surface area contributed by atoms with Gasteiger partial charge in [0.15, 0.2) is 0 Å². The Morgan fingerprint density at radius 3 is 2.33 bits per heavy atom. The maximum absolute atomic E-state index is 13.5. The monoisotopic (exact) mass is 537 g/mol. The number of hydrogen-bond acceptors (Lipinski definition) is 4. The fraction of sp³-hybridized carbons (Fsp3) is 0.417. The van der Waals surface area contributed by atoms with Gasteiger partial charge in [-0.1, -0.05) is 72.6 Å². The molecule has 0 fully saturated rings. The molecule has 0 saturated heterocycles. The molecule has 0 spiro atoms. The number of hydrogen-bond donors (Lipinski definition) is 1. The molecule has 0 aliphatic heterocycles. The molecule has 0 unspecified atom stereocenters. The van der Waals surface area contributed by atoms with E-state index in [-0.39, 0.29) is 12.5 Å². The molecule has 180 valence electrons. The number of amides is 2. The molecule has 0 aromatic heterocycles. The second-order valence-electron chi connectivity index (χ2n) is 7.83. The van der Waals surface area contributed by atoms with Gasteiger partial charge in [0.1, 0.15) is 12.6 Å². The van der Waals surface area contributed by atoms with Crippen molar-refractivity contribution in [2.75, 3.05) is 23.7 Å². The van der Waals surface area contributed by atoms with Crippen LogP contribution in [0.3, 0.4) is 0 Å². The third-order valence-corrected chi connectivity index (χ3v) is 6.82. The number of anilines is 1. The molecule has 0 aliphatic rings. The Balaban J connectivity index is 2.37. The van der Waals surface area contributed by atoms with Gasteiger partial charge in [-0.15, -0.1) is 0 Å². The molecular weight excluding hydrogens is 506 g/mol. The van der Waals surface area contributed by atoms with Crippen molar-refractivity contribution in [3.8, 4) is 0 Å². The number of benzene rings is 2. The number of halogens is 1. The summed E-state index contributed by atoms with van der Waals surface area (Å²) < 4.78 is 26.9. The highest BCUT2D eigenvalue weighted by molar-refractivity contribution is 9.10. The summed E-state index contributed by atoms with van der Waals surface area (Å²) in [5, 5.41) is 2.91. The standard InChI is InChI=1S/C24H32BrN3O4S/c1-4-6-15-26-24(30)22(5-2)27(17-19-11-8-7-9-12-19)23(29)18-28(33(3,31)32)21-14-10-13-20(25)16-21/h7-14,16,22H,4-6,15,17-18H2,1-3H3,(H,26,30)/t22-/m1/s1. The summed E-state index contributed by atoms with van der Waals surface area (Å²) in [5.41, 5.74) is 1.24. The van der Waals surface area contributed by atoms with E-state index in [9.17, 15) is 18.0 Å². The lowest BCUT2D eigenvalue weighted by molar-refractivity contribution is -0.140. The minimum atomic E-state index is -3.74. The summed E-state index contributed by atoms with van der Waals surface area (Å²) in [4.78, 5) is 27.9. The predicted molar refractivity (Wildman–Crippen MR) is 135 cm³/mol. The van der Waals surface area contributed by atoms with Gasteiger partial charge >= 0.3 is 0 Å². The number of sulfonamides is 1. The van der Waals surface area contributed by atoms with E-state index >= 15 is 0 Å². The van der Waals surface area contributed by atoms with Crippen molar-refractivity contribution < 1.29 is 18.0 Å². The number of nitrogens with one attached hydrogen (secondary N) is 1. The first kappa shape index (κ1) is 26.9. The Kier molecular flexibility index (Phi) is 10.4. The molecule has 7 nitrogen and oxygen atoms in total. The molecule has 0 aliphatic carbocycles. The Morgan fingerprint density at radius 1 is 1.06 bits per heavy atom. The van der Waals surface area contributed by atoms with E-state index in [1.165, 1.54) is 4.90 Å². The van der Waals surface area contributed by atoms with Crippen molar-refractivity contribution in [1.82, 2.24) is 10.2 Å². The van der Waals surface area contributed by atoms with Gasteiger partial charge in [0.05, 0.1) is 11.9 Å². The molecule has 2 amide bonds. The van der Waals surface area contributed by atoms with Crippen LogP contribution in [0.25, 0.3) is 0 Å². The van der Waals surface area contributed by atoms with Crippen molar-refractivity contribution in [2.24, 2.45) is 0 Å². The molecule has 0 saturated carbocycles. The fourth-order valence-electron chi connectivity index (χ4n) is 3.45. The lowest BCUT2D eigenvalue weighted by atomic mass is 10.1. The van der Waals surface area contributed by atoms with Crippen LogP contribution in [0.2, 0.25) is 0 Å². The van der Waals surface area contributed by atoms with Crippen LogP contribution in [-0.4, -0.2) is 50.5 Å². The van der Waals surface area contributed by atoms with Gasteiger partial charge in [-0.05, 0) is 36.6 Å². The van der Waals surface area contributed by atoms with Crippen LogP contribution in [-0.2, 0) is 26.2 Å². The summed E-state index contributed by atoms with van der Waals surface area (Å²) in [6, 6.07) is 15.4. The van der Waals surface area contributed by atoms with Crippen LogP contribution < -0.4 is 9.62 Å². The minimum Gasteiger partial charge on any atom is -0.354 e. The van der Waals surface area contributed by atoms with Crippen LogP contribution in [0.5, 0.6) is 0 Å². The zero-order chi connectivity index (χ0) is 24.4. The van der Waals surface area contributed by atoms with E-state index in [2.05, 4.69) is 21.2 Å². The number of unbranched alkanes of at least 4 members (excludes halogenated alkanes) is 1. The average Bonchev–Trinajstić information content (AvgIpc) is 2.77. The number of rotatable bonds is 12. The van der Waals surface area contributed by atoms with E-state index in [0.717, 1.165) is 29.0 Å². The fourth-order valence-corrected chi connectivity index (χ4v) is 4.68. The van der Waals surface area contributed by atoms with E-state index < -0.39 is 28.5 Å². The third-order valence-electron chi connectivity index (χ3n) is 5.19. The molecule has 1 N–H and O–H groups in total. The first-order valence-electron chi connectivity index (χ1n) is 11.0. The van der Waals surface area contributed by atoms with Crippen LogP contribution in [0, 0.1) is 0 Å². The highest BCUT2D eigenvalue weighted by atomic mass is 79.9. The lowest BCUT2D eigenvalue weighted by Crippen LogP contribution is -2.52. The smallest absolute Gasteiger partial charge is 0.244 e. The molecule has 33 heavy (non-hydrogen) atoms. The molecule has 2 aromatic carbocycles. The van der Waals surface area contributed by atoms with E-state index in [4.69, 9.17) is 0 Å². The van der Waals surface area contributed by atoms with Crippen molar-refractivity contribution >= 4 is 43.5 Å². The molecule has 1 atom stereocenters. The highest BCUT2D eigenvalue weighted by Gasteiger charge is 2.31. The number of carbonyl (C=O) groups excluding carboxylic acids is 2. The Labute approximate surface area is 205 Å². The maximum Gasteiger partial charge on any atom is 0.244 e. The SMILES string of the molecule is CCCCNC(=O)[C@@H](CC)N(Cc1ccccc1)C(=O)CN(c1cccc(Br)c1)S(C)(=O)=O. The molecular formula is C24H32BrN3O4S. The topological polar surface area (TPSA) is 86.8 Å². The van der Waals surface area contributed by atoms with Gasteiger partial charge in [0, 0.05) is 17.6 Å². The van der Waals surface area contributed by atoms with Gasteiger partial charge < -0.3 is 10.2 Å². The Bertz CT molecular complexity index is 1030. The summed E-state index contributed by atoms with van der Waals surface area (Å²) in [6.07, 6.45) is 3.27. The van der Waals surface area contributed by atoms with Crippen molar-refractivity contribution in [3.63, 3.8) is 0 Å². The van der Waals surface area contributed by atoms with E-state index in [1.54, 1.807) is 24.3 Å². The quantitative estimate of drug-likeness (QED) is 0.415. The first-order chi connectivity index (χ1) is 15.7. The zero-order valence-electron chi connectivity index (χ0n) is 19.3. The zero-order valence-corrected chi connectivity index (χ0v) is 21.7. The normalized spacial score (nSPS) is 12.1. The van der Waals surface area contributed by atoms with E-state index in [1.807, 2.05) is 44.2 Å². The summed E-state index contributed by atoms with van der Waals surface area (Å²) in [5.74, 6) is -0.676. The van der Waals surface area contributed by atoms with Crippen LogP contribution in [0.1, 0.15) is 38.7 Å². The second kappa shape index (κ2) is 12.7. The molecule has 2 aromatic rings. The Morgan fingerprint density at radius 2 is 1.76 bits per heavy atom. The molecule has 9 heteroatoms.